The van der Waals surface area contributed by atoms with Gasteiger partial charge in [0.1, 0.15) is 5.52 Å². The number of oxazole rings is 1. The molecule has 1 heterocycles. The first-order valence-electron chi connectivity index (χ1n) is 8.81. The van der Waals surface area contributed by atoms with Crippen molar-refractivity contribution < 1.29 is 4.42 Å². The minimum Gasteiger partial charge on any atom is -0.436 e. The smallest absolute Gasteiger partial charge is 0.227 e. The summed E-state index contributed by atoms with van der Waals surface area (Å²) >= 11 is 0. The van der Waals surface area contributed by atoms with E-state index in [9.17, 15) is 0 Å². The number of benzene rings is 3. The molecule has 0 saturated carbocycles. The Hall–Kier alpha value is -2.87. The molecule has 0 unspecified atom stereocenters. The molecule has 0 N–H and O–H groups in total. The summed E-state index contributed by atoms with van der Waals surface area (Å²) in [5.74, 6) is 1.18. The van der Waals surface area contributed by atoms with Crippen molar-refractivity contribution >= 4 is 11.1 Å². The lowest BCUT2D eigenvalue weighted by molar-refractivity contribution is 0.619. The third-order valence-electron chi connectivity index (χ3n) is 5.12. The molecule has 1 aromatic heterocycles. The molecular formula is C23H19NO. The highest BCUT2D eigenvalue weighted by molar-refractivity contribution is 5.82. The molecule has 0 spiro atoms. The first kappa shape index (κ1) is 14.5. The van der Waals surface area contributed by atoms with Gasteiger partial charge in [-0.05, 0) is 64.4 Å². The van der Waals surface area contributed by atoms with Gasteiger partial charge in [0, 0.05) is 5.56 Å². The summed E-state index contributed by atoms with van der Waals surface area (Å²) in [7, 11) is 0. The van der Waals surface area contributed by atoms with Crippen LogP contribution in [-0.2, 0) is 6.42 Å². The lowest BCUT2D eigenvalue weighted by Gasteiger charge is -2.02. The quantitative estimate of drug-likeness (QED) is 0.387. The van der Waals surface area contributed by atoms with Crippen LogP contribution in [0.25, 0.3) is 33.7 Å². The van der Waals surface area contributed by atoms with Crippen LogP contribution in [0.5, 0.6) is 0 Å². The van der Waals surface area contributed by atoms with Crippen LogP contribution in [0, 0.1) is 0 Å². The van der Waals surface area contributed by atoms with E-state index >= 15 is 0 Å². The van der Waals surface area contributed by atoms with Crippen LogP contribution in [-0.4, -0.2) is 4.98 Å². The summed E-state index contributed by atoms with van der Waals surface area (Å²) in [6.45, 7) is 4.39. The first-order valence-corrected chi connectivity index (χ1v) is 8.81. The van der Waals surface area contributed by atoms with Crippen LogP contribution in [0.3, 0.4) is 0 Å². The molecule has 25 heavy (non-hydrogen) atoms. The maximum atomic E-state index is 6.03. The molecule has 0 saturated heterocycles. The fourth-order valence-electron chi connectivity index (χ4n) is 3.68. The molecule has 2 heteroatoms. The van der Waals surface area contributed by atoms with E-state index in [1.54, 1.807) is 0 Å². The zero-order chi connectivity index (χ0) is 17.0. The summed E-state index contributed by atoms with van der Waals surface area (Å²) < 4.78 is 6.03. The van der Waals surface area contributed by atoms with Crippen LogP contribution >= 0.6 is 0 Å². The predicted molar refractivity (Wildman–Crippen MR) is 102 cm³/mol. The number of fused-ring (bicyclic) bond motifs is 4. The van der Waals surface area contributed by atoms with E-state index in [0.717, 1.165) is 23.1 Å². The van der Waals surface area contributed by atoms with Crippen LogP contribution < -0.4 is 0 Å². The van der Waals surface area contributed by atoms with Crippen LogP contribution in [0.2, 0.25) is 0 Å². The molecular weight excluding hydrogens is 306 g/mol. The second kappa shape index (κ2) is 5.32. The third kappa shape index (κ3) is 2.29. The molecule has 1 aliphatic rings. The van der Waals surface area contributed by atoms with Gasteiger partial charge < -0.3 is 4.42 Å². The molecule has 1 aliphatic carbocycles. The lowest BCUT2D eigenvalue weighted by atomic mass is 10.0. The summed E-state index contributed by atoms with van der Waals surface area (Å²) in [6, 6.07) is 21.5. The highest BCUT2D eigenvalue weighted by atomic mass is 16.3. The molecule has 5 rings (SSSR count). The normalized spacial score (nSPS) is 12.6. The maximum Gasteiger partial charge on any atom is 0.227 e. The molecule has 122 valence electrons. The van der Waals surface area contributed by atoms with Crippen molar-refractivity contribution in [2.45, 2.75) is 26.2 Å². The van der Waals surface area contributed by atoms with Gasteiger partial charge in [0.05, 0.1) is 0 Å². The van der Waals surface area contributed by atoms with E-state index in [2.05, 4.69) is 68.4 Å². The number of rotatable bonds is 2. The van der Waals surface area contributed by atoms with Gasteiger partial charge in [0.2, 0.25) is 5.89 Å². The van der Waals surface area contributed by atoms with Gasteiger partial charge >= 0.3 is 0 Å². The van der Waals surface area contributed by atoms with Gasteiger partial charge in [-0.3, -0.25) is 0 Å². The van der Waals surface area contributed by atoms with Gasteiger partial charge in [-0.25, -0.2) is 4.98 Å². The van der Waals surface area contributed by atoms with E-state index in [-0.39, 0.29) is 0 Å². The van der Waals surface area contributed by atoms with Gasteiger partial charge in [-0.2, -0.15) is 0 Å². The average molecular weight is 325 g/mol. The van der Waals surface area contributed by atoms with Crippen LogP contribution in [0.15, 0.2) is 65.1 Å². The summed E-state index contributed by atoms with van der Waals surface area (Å²) in [5.41, 5.74) is 9.52. The Labute approximate surface area is 147 Å². The van der Waals surface area contributed by atoms with Crippen LogP contribution in [0.4, 0.5) is 0 Å². The molecule has 0 radical (unpaired) electrons. The number of hydrogen-bond acceptors (Lipinski definition) is 2. The molecule has 4 aromatic rings. The Bertz CT molecular complexity index is 1100. The number of nitrogens with zero attached hydrogens (tertiary/aromatic N) is 1. The van der Waals surface area contributed by atoms with Gasteiger partial charge in [-0.15, -0.1) is 0 Å². The molecule has 0 bridgehead atoms. The lowest BCUT2D eigenvalue weighted by Crippen LogP contribution is -1.85. The Morgan fingerprint density at radius 1 is 0.880 bits per heavy atom. The summed E-state index contributed by atoms with van der Waals surface area (Å²) in [6.07, 6.45) is 1.01. The SMILES string of the molecule is CC(C)c1ccc2oc(-c3ccc4c(c3)-c3ccccc3C4)nc2c1. The van der Waals surface area contributed by atoms with E-state index in [1.165, 1.54) is 27.8 Å². The Morgan fingerprint density at radius 2 is 1.72 bits per heavy atom. The summed E-state index contributed by atoms with van der Waals surface area (Å²) in [4.78, 5) is 4.74. The van der Waals surface area contributed by atoms with E-state index < -0.39 is 0 Å². The second-order valence-electron chi connectivity index (χ2n) is 7.11. The fourth-order valence-corrected chi connectivity index (χ4v) is 3.68. The van der Waals surface area contributed by atoms with Crippen molar-refractivity contribution in [3.8, 4) is 22.6 Å². The minimum atomic E-state index is 0.487. The minimum absolute atomic E-state index is 0.487. The van der Waals surface area contributed by atoms with Crippen molar-refractivity contribution in [2.75, 3.05) is 0 Å². The average Bonchev–Trinajstić information content (AvgIpc) is 3.21. The molecule has 0 atom stereocenters. The van der Waals surface area contributed by atoms with Crippen molar-refractivity contribution in [2.24, 2.45) is 0 Å². The third-order valence-corrected chi connectivity index (χ3v) is 5.12. The van der Waals surface area contributed by atoms with Gasteiger partial charge in [-0.1, -0.05) is 50.2 Å². The van der Waals surface area contributed by atoms with Gasteiger partial charge in [0.15, 0.2) is 5.58 Å². The second-order valence-corrected chi connectivity index (χ2v) is 7.11. The van der Waals surface area contributed by atoms with Crippen molar-refractivity contribution in [1.29, 1.82) is 0 Å². The van der Waals surface area contributed by atoms with E-state index in [1.807, 2.05) is 6.07 Å². The summed E-state index contributed by atoms with van der Waals surface area (Å²) in [5, 5.41) is 0. The van der Waals surface area contributed by atoms with Crippen LogP contribution in [0.1, 0.15) is 36.5 Å². The Morgan fingerprint density at radius 3 is 2.60 bits per heavy atom. The zero-order valence-corrected chi connectivity index (χ0v) is 14.4. The van der Waals surface area contributed by atoms with Crippen molar-refractivity contribution in [3.05, 3.63) is 77.4 Å². The molecule has 0 amide bonds. The highest BCUT2D eigenvalue weighted by Gasteiger charge is 2.19. The van der Waals surface area contributed by atoms with E-state index in [0.29, 0.717) is 11.8 Å². The fraction of sp³-hybridized carbons (Fsp3) is 0.174. The molecule has 0 aliphatic heterocycles. The number of hydrogen-bond donors (Lipinski definition) is 0. The predicted octanol–water partition coefficient (Wildman–Crippen LogP) is 6.19. The van der Waals surface area contributed by atoms with Gasteiger partial charge in [0.25, 0.3) is 0 Å². The Kier molecular flexibility index (Phi) is 3.08. The molecule has 0 fully saturated rings. The maximum absolute atomic E-state index is 6.03. The molecule has 3 aromatic carbocycles. The number of aromatic nitrogens is 1. The van der Waals surface area contributed by atoms with Crippen molar-refractivity contribution in [1.82, 2.24) is 4.98 Å². The zero-order valence-electron chi connectivity index (χ0n) is 14.4. The van der Waals surface area contributed by atoms with E-state index in [4.69, 9.17) is 9.40 Å². The first-order chi connectivity index (χ1) is 12.2. The Balaban J connectivity index is 1.62. The standard InChI is InChI=1S/C23H19NO/c1-14(2)15-9-10-22-21(13-15)24-23(25-22)18-8-7-17-11-16-5-3-4-6-19(16)20(17)12-18/h3-10,12-14H,11H2,1-2H3. The monoisotopic (exact) mass is 325 g/mol. The topological polar surface area (TPSA) is 26.0 Å². The van der Waals surface area contributed by atoms with Crippen molar-refractivity contribution in [3.63, 3.8) is 0 Å². The molecule has 2 nitrogen and oxygen atoms in total. The largest absolute Gasteiger partial charge is 0.436 e. The highest BCUT2D eigenvalue weighted by Crippen LogP contribution is 2.39.